The first-order valence-corrected chi connectivity index (χ1v) is 3.25. The molecule has 2 atom stereocenters. The number of carbonyl (C=O) groups is 2. The molecule has 56 valence electrons. The number of hydrogen-bond acceptors (Lipinski definition) is 3. The second-order valence-corrected chi connectivity index (χ2v) is 2.38. The van der Waals surface area contributed by atoms with E-state index in [9.17, 15) is 9.59 Å². The van der Waals surface area contributed by atoms with Crippen molar-refractivity contribution in [2.45, 2.75) is 24.9 Å². The van der Waals surface area contributed by atoms with Crippen LogP contribution in [0.1, 0.15) is 12.8 Å². The zero-order valence-corrected chi connectivity index (χ0v) is 5.54. The van der Waals surface area contributed by atoms with E-state index < -0.39 is 0 Å². The lowest BCUT2D eigenvalue weighted by Gasteiger charge is -2.33. The lowest BCUT2D eigenvalue weighted by Crippen LogP contribution is -2.66. The van der Waals surface area contributed by atoms with Crippen molar-refractivity contribution in [1.29, 1.82) is 0 Å². The Morgan fingerprint density at radius 3 is 2.80 bits per heavy atom. The van der Waals surface area contributed by atoms with Crippen LogP contribution < -0.4 is 11.1 Å². The molecule has 4 nitrogen and oxygen atoms in total. The molecule has 1 aliphatic rings. The van der Waals surface area contributed by atoms with E-state index in [4.69, 9.17) is 5.73 Å². The van der Waals surface area contributed by atoms with E-state index in [1.54, 1.807) is 0 Å². The van der Waals surface area contributed by atoms with E-state index in [1.165, 1.54) is 0 Å². The Hall–Kier alpha value is -0.900. The molecule has 1 fully saturated rings. The van der Waals surface area contributed by atoms with Crippen LogP contribution in [0.25, 0.3) is 0 Å². The fraction of sp³-hybridized carbons (Fsp3) is 0.667. The standard InChI is InChI=1S/C6H10N2O2/c7-5-4(2-1-3-9)8-6(5)10/h3-5H,1-2,7H2,(H,8,10). The number of hydrogen-bond donors (Lipinski definition) is 2. The highest BCUT2D eigenvalue weighted by Gasteiger charge is 2.34. The Kier molecular flexibility index (Phi) is 2.01. The molecule has 1 saturated heterocycles. The lowest BCUT2D eigenvalue weighted by molar-refractivity contribution is -0.130. The molecule has 4 heteroatoms. The van der Waals surface area contributed by atoms with Crippen molar-refractivity contribution in [3.05, 3.63) is 0 Å². The first-order valence-electron chi connectivity index (χ1n) is 3.25. The van der Waals surface area contributed by atoms with Gasteiger partial charge in [0.25, 0.3) is 0 Å². The van der Waals surface area contributed by atoms with Crippen molar-refractivity contribution in [3.8, 4) is 0 Å². The summed E-state index contributed by atoms with van der Waals surface area (Å²) in [7, 11) is 0. The quantitative estimate of drug-likeness (QED) is 0.383. The summed E-state index contributed by atoms with van der Waals surface area (Å²) < 4.78 is 0. The Bertz CT molecular complexity index is 158. The van der Waals surface area contributed by atoms with Gasteiger partial charge in [0.2, 0.25) is 5.91 Å². The lowest BCUT2D eigenvalue weighted by atomic mass is 9.96. The van der Waals surface area contributed by atoms with Gasteiger partial charge in [0, 0.05) is 6.42 Å². The summed E-state index contributed by atoms with van der Waals surface area (Å²) in [6, 6.07) is -0.363. The van der Waals surface area contributed by atoms with Gasteiger partial charge in [0.1, 0.15) is 12.3 Å². The largest absolute Gasteiger partial charge is 0.350 e. The van der Waals surface area contributed by atoms with Crippen molar-refractivity contribution >= 4 is 12.2 Å². The Balaban J connectivity index is 2.20. The number of aldehydes is 1. The molecule has 1 rings (SSSR count). The average Bonchev–Trinajstić information content (AvgIpc) is 1.97. The summed E-state index contributed by atoms with van der Waals surface area (Å²) in [5, 5.41) is 2.60. The van der Waals surface area contributed by atoms with E-state index in [2.05, 4.69) is 5.32 Å². The number of nitrogens with two attached hydrogens (primary N) is 1. The van der Waals surface area contributed by atoms with Crippen LogP contribution in [0.3, 0.4) is 0 Å². The molecule has 1 heterocycles. The monoisotopic (exact) mass is 142 g/mol. The fourth-order valence-electron chi connectivity index (χ4n) is 0.955. The van der Waals surface area contributed by atoms with Crippen LogP contribution in [0, 0.1) is 0 Å². The Morgan fingerprint density at radius 1 is 1.70 bits per heavy atom. The highest BCUT2D eigenvalue weighted by molar-refractivity contribution is 5.88. The smallest absolute Gasteiger partial charge is 0.239 e. The second kappa shape index (κ2) is 2.79. The summed E-state index contributed by atoms with van der Waals surface area (Å²) in [6.07, 6.45) is 1.96. The molecule has 0 radical (unpaired) electrons. The van der Waals surface area contributed by atoms with Crippen LogP contribution in [-0.4, -0.2) is 24.3 Å². The molecule has 1 aliphatic heterocycles. The highest BCUT2D eigenvalue weighted by Crippen LogP contribution is 2.08. The third-order valence-corrected chi connectivity index (χ3v) is 1.66. The van der Waals surface area contributed by atoms with Crippen LogP contribution in [0.4, 0.5) is 0 Å². The molecule has 0 aromatic heterocycles. The third-order valence-electron chi connectivity index (χ3n) is 1.66. The Labute approximate surface area is 58.8 Å². The first kappa shape index (κ1) is 7.21. The molecule has 2 unspecified atom stereocenters. The van der Waals surface area contributed by atoms with E-state index in [-0.39, 0.29) is 18.0 Å². The van der Waals surface area contributed by atoms with Gasteiger partial charge in [-0.25, -0.2) is 0 Å². The maximum absolute atomic E-state index is 10.5. The minimum Gasteiger partial charge on any atom is -0.350 e. The summed E-state index contributed by atoms with van der Waals surface area (Å²) >= 11 is 0. The zero-order chi connectivity index (χ0) is 7.56. The van der Waals surface area contributed by atoms with Gasteiger partial charge in [-0.2, -0.15) is 0 Å². The highest BCUT2D eigenvalue weighted by atomic mass is 16.2. The molecule has 0 aliphatic carbocycles. The fourth-order valence-corrected chi connectivity index (χ4v) is 0.955. The van der Waals surface area contributed by atoms with Crippen molar-refractivity contribution in [1.82, 2.24) is 5.32 Å². The number of nitrogens with one attached hydrogen (secondary N) is 1. The predicted molar refractivity (Wildman–Crippen MR) is 35.2 cm³/mol. The molecule has 10 heavy (non-hydrogen) atoms. The van der Waals surface area contributed by atoms with E-state index in [1.807, 2.05) is 0 Å². The number of amides is 1. The molecule has 0 aromatic rings. The summed E-state index contributed by atoms with van der Waals surface area (Å²) in [4.78, 5) is 20.4. The molecule has 0 aromatic carbocycles. The van der Waals surface area contributed by atoms with Gasteiger partial charge in [-0.05, 0) is 6.42 Å². The minimum absolute atomic E-state index is 0.0256. The van der Waals surface area contributed by atoms with Crippen LogP contribution in [0.15, 0.2) is 0 Å². The van der Waals surface area contributed by atoms with Gasteiger partial charge < -0.3 is 15.8 Å². The van der Waals surface area contributed by atoms with Gasteiger partial charge in [0.15, 0.2) is 0 Å². The van der Waals surface area contributed by atoms with Crippen molar-refractivity contribution in [2.75, 3.05) is 0 Å². The van der Waals surface area contributed by atoms with Gasteiger partial charge in [-0.15, -0.1) is 0 Å². The number of rotatable bonds is 3. The molecular formula is C6H10N2O2. The van der Waals surface area contributed by atoms with E-state index in [0.717, 1.165) is 6.29 Å². The third kappa shape index (κ3) is 1.16. The summed E-state index contributed by atoms with van der Waals surface area (Å²) in [5.41, 5.74) is 5.38. The molecule has 0 bridgehead atoms. The van der Waals surface area contributed by atoms with Crippen molar-refractivity contribution in [2.24, 2.45) is 5.73 Å². The van der Waals surface area contributed by atoms with Crippen LogP contribution in [-0.2, 0) is 9.59 Å². The van der Waals surface area contributed by atoms with Crippen LogP contribution >= 0.6 is 0 Å². The van der Waals surface area contributed by atoms with Gasteiger partial charge in [0.05, 0.1) is 6.04 Å². The normalized spacial score (nSPS) is 30.7. The average molecular weight is 142 g/mol. The summed E-state index contributed by atoms with van der Waals surface area (Å²) in [6.45, 7) is 0. The number of carbonyl (C=O) groups excluding carboxylic acids is 2. The van der Waals surface area contributed by atoms with Crippen molar-refractivity contribution < 1.29 is 9.59 Å². The minimum atomic E-state index is -0.389. The maximum atomic E-state index is 10.5. The summed E-state index contributed by atoms with van der Waals surface area (Å²) in [5.74, 6) is -0.115. The van der Waals surface area contributed by atoms with Crippen LogP contribution in [0.5, 0.6) is 0 Å². The zero-order valence-electron chi connectivity index (χ0n) is 5.54. The maximum Gasteiger partial charge on any atom is 0.239 e. The topological polar surface area (TPSA) is 72.2 Å². The molecular weight excluding hydrogens is 132 g/mol. The first-order chi connectivity index (χ1) is 4.75. The molecule has 3 N–H and O–H groups in total. The van der Waals surface area contributed by atoms with Crippen molar-refractivity contribution in [3.63, 3.8) is 0 Å². The van der Waals surface area contributed by atoms with Crippen LogP contribution in [0.2, 0.25) is 0 Å². The molecule has 0 spiro atoms. The Morgan fingerprint density at radius 2 is 2.40 bits per heavy atom. The second-order valence-electron chi connectivity index (χ2n) is 2.38. The van der Waals surface area contributed by atoms with E-state index >= 15 is 0 Å². The number of β-lactam (4-membered cyclic amide) rings is 1. The van der Waals surface area contributed by atoms with Gasteiger partial charge >= 0.3 is 0 Å². The molecule has 0 saturated carbocycles. The van der Waals surface area contributed by atoms with Gasteiger partial charge in [-0.1, -0.05) is 0 Å². The SMILES string of the molecule is NC1C(=O)NC1CCC=O. The molecule has 1 amide bonds. The van der Waals surface area contributed by atoms with Gasteiger partial charge in [-0.3, -0.25) is 4.79 Å². The predicted octanol–water partition coefficient (Wildman–Crippen LogP) is -1.21. The van der Waals surface area contributed by atoms with E-state index in [0.29, 0.717) is 12.8 Å².